The van der Waals surface area contributed by atoms with Crippen LogP contribution in [0.2, 0.25) is 0 Å². The summed E-state index contributed by atoms with van der Waals surface area (Å²) in [6.45, 7) is 8.79. The number of amidine groups is 1. The van der Waals surface area contributed by atoms with Gasteiger partial charge in [0.15, 0.2) is 16.7 Å². The summed E-state index contributed by atoms with van der Waals surface area (Å²) >= 11 is 4.70. The zero-order valence-electron chi connectivity index (χ0n) is 16.8. The Hall–Kier alpha value is -2.25. The maximum atomic E-state index is 12.9. The number of phenolic OH excluding ortho intramolecular Hbond substituents is 1. The molecular weight excluding hydrogens is 452 g/mol. The molecule has 1 N–H and O–H groups in total. The van der Waals surface area contributed by atoms with Crippen LogP contribution in [0.4, 0.5) is 5.69 Å². The molecular formula is C22H23BrN2O3S. The van der Waals surface area contributed by atoms with Gasteiger partial charge in [0.05, 0.1) is 21.7 Å². The van der Waals surface area contributed by atoms with Gasteiger partial charge in [0.2, 0.25) is 0 Å². The summed E-state index contributed by atoms with van der Waals surface area (Å²) in [5.41, 5.74) is 3.82. The third-order valence-corrected chi connectivity index (χ3v) is 6.04. The lowest BCUT2D eigenvalue weighted by Crippen LogP contribution is -2.28. The van der Waals surface area contributed by atoms with E-state index in [0.29, 0.717) is 33.4 Å². The van der Waals surface area contributed by atoms with E-state index >= 15 is 0 Å². The minimum Gasteiger partial charge on any atom is -0.503 e. The Morgan fingerprint density at radius 1 is 1.24 bits per heavy atom. The molecule has 1 amide bonds. The quantitative estimate of drug-likeness (QED) is 0.556. The first-order valence-electron chi connectivity index (χ1n) is 9.36. The number of aromatic hydroxyl groups is 1. The van der Waals surface area contributed by atoms with Gasteiger partial charge in [-0.3, -0.25) is 9.69 Å². The normalized spacial score (nSPS) is 16.9. The fourth-order valence-corrected chi connectivity index (χ4v) is 4.42. The van der Waals surface area contributed by atoms with Crippen molar-refractivity contribution in [3.63, 3.8) is 0 Å². The molecule has 2 aromatic carbocycles. The number of amides is 1. The summed E-state index contributed by atoms with van der Waals surface area (Å²) < 4.78 is 6.00. The van der Waals surface area contributed by atoms with Crippen LogP contribution in [0.25, 0.3) is 6.08 Å². The number of likely N-dealkylation sites (N-methyl/N-ethyl adjacent to an activating group) is 1. The Kier molecular flexibility index (Phi) is 6.70. The first-order chi connectivity index (χ1) is 13.8. The van der Waals surface area contributed by atoms with Gasteiger partial charge in [-0.05, 0) is 96.4 Å². The molecule has 0 aromatic heterocycles. The Morgan fingerprint density at radius 2 is 2.00 bits per heavy atom. The van der Waals surface area contributed by atoms with Gasteiger partial charge in [0.1, 0.15) is 0 Å². The number of carbonyl (C=O) groups excluding carboxylic acids is 1. The number of hydrogen-bond donors (Lipinski definition) is 1. The highest BCUT2D eigenvalue weighted by Crippen LogP contribution is 2.39. The van der Waals surface area contributed by atoms with Crippen LogP contribution in [0.1, 0.15) is 30.5 Å². The summed E-state index contributed by atoms with van der Waals surface area (Å²) in [5.74, 6) is 0.344. The number of phenols is 1. The molecule has 152 valence electrons. The van der Waals surface area contributed by atoms with Gasteiger partial charge in [-0.2, -0.15) is 0 Å². The lowest BCUT2D eigenvalue weighted by Gasteiger charge is -2.12. The maximum absolute atomic E-state index is 12.9. The molecule has 5 nitrogen and oxygen atoms in total. The Bertz CT molecular complexity index is 1020. The van der Waals surface area contributed by atoms with Gasteiger partial charge >= 0.3 is 0 Å². The number of thioether (sulfide) groups is 1. The van der Waals surface area contributed by atoms with E-state index < -0.39 is 0 Å². The number of carbonyl (C=O) groups is 1. The predicted molar refractivity (Wildman–Crippen MR) is 123 cm³/mol. The van der Waals surface area contributed by atoms with Gasteiger partial charge < -0.3 is 9.84 Å². The Morgan fingerprint density at radius 3 is 2.69 bits per heavy atom. The van der Waals surface area contributed by atoms with Crippen molar-refractivity contribution < 1.29 is 14.6 Å². The van der Waals surface area contributed by atoms with Crippen molar-refractivity contribution in [1.82, 2.24) is 4.90 Å². The molecule has 0 bridgehead atoms. The predicted octanol–water partition coefficient (Wildman–Crippen LogP) is 5.79. The smallest absolute Gasteiger partial charge is 0.266 e. The van der Waals surface area contributed by atoms with Gasteiger partial charge in [-0.25, -0.2) is 4.99 Å². The van der Waals surface area contributed by atoms with Crippen LogP contribution >= 0.6 is 27.7 Å². The van der Waals surface area contributed by atoms with Crippen LogP contribution in [0.3, 0.4) is 0 Å². The summed E-state index contributed by atoms with van der Waals surface area (Å²) in [5, 5.41) is 10.8. The molecule has 1 fully saturated rings. The van der Waals surface area contributed by atoms with Crippen molar-refractivity contribution in [2.24, 2.45) is 4.99 Å². The van der Waals surface area contributed by atoms with Crippen LogP contribution in [0, 0.1) is 13.8 Å². The van der Waals surface area contributed by atoms with Gasteiger partial charge in [-0.15, -0.1) is 0 Å². The van der Waals surface area contributed by atoms with Crippen LogP contribution in [-0.4, -0.2) is 34.2 Å². The fraction of sp³-hybridized carbons (Fsp3) is 0.273. The topological polar surface area (TPSA) is 62.1 Å². The van der Waals surface area contributed by atoms with Crippen molar-refractivity contribution in [3.05, 3.63) is 56.4 Å². The minimum absolute atomic E-state index is 0.0479. The molecule has 1 aliphatic heterocycles. The van der Waals surface area contributed by atoms with Gasteiger partial charge in [0, 0.05) is 6.54 Å². The molecule has 2 aromatic rings. The minimum atomic E-state index is -0.0799. The summed E-state index contributed by atoms with van der Waals surface area (Å²) in [6, 6.07) is 9.59. The SMILES string of the molecule is CCOc1cc(/C=C2/SC(=Nc3cc(C)ccc3C)N(CC)C2=O)cc(Br)c1O. The van der Waals surface area contributed by atoms with Crippen molar-refractivity contribution in [2.45, 2.75) is 27.7 Å². The van der Waals surface area contributed by atoms with E-state index in [1.54, 1.807) is 23.1 Å². The molecule has 0 aliphatic carbocycles. The molecule has 0 radical (unpaired) electrons. The zero-order valence-corrected chi connectivity index (χ0v) is 19.2. The highest BCUT2D eigenvalue weighted by Gasteiger charge is 2.32. The van der Waals surface area contributed by atoms with Crippen LogP contribution in [-0.2, 0) is 4.79 Å². The molecule has 0 atom stereocenters. The van der Waals surface area contributed by atoms with Crippen molar-refractivity contribution in [2.75, 3.05) is 13.2 Å². The number of ether oxygens (including phenoxy) is 1. The lowest BCUT2D eigenvalue weighted by atomic mass is 10.1. The second kappa shape index (κ2) is 9.05. The molecule has 7 heteroatoms. The summed E-state index contributed by atoms with van der Waals surface area (Å²) in [4.78, 5) is 19.9. The van der Waals surface area contributed by atoms with E-state index in [2.05, 4.69) is 15.9 Å². The molecule has 1 saturated heterocycles. The largest absolute Gasteiger partial charge is 0.503 e. The molecule has 3 rings (SSSR count). The number of nitrogens with zero attached hydrogens (tertiary/aromatic N) is 2. The summed E-state index contributed by atoms with van der Waals surface area (Å²) in [6.07, 6.45) is 1.80. The molecule has 1 aliphatic rings. The third kappa shape index (κ3) is 4.67. The zero-order chi connectivity index (χ0) is 21.1. The molecule has 0 unspecified atom stereocenters. The lowest BCUT2D eigenvalue weighted by molar-refractivity contribution is -0.122. The highest BCUT2D eigenvalue weighted by molar-refractivity contribution is 9.10. The van der Waals surface area contributed by atoms with Gasteiger partial charge in [0.25, 0.3) is 5.91 Å². The second-order valence-corrected chi connectivity index (χ2v) is 8.49. The number of benzene rings is 2. The molecule has 0 spiro atoms. The van der Waals surface area contributed by atoms with E-state index in [4.69, 9.17) is 9.73 Å². The number of aryl methyl sites for hydroxylation is 2. The Labute approximate surface area is 183 Å². The standard InChI is InChI=1S/C22H23BrN2O3S/c1-5-25-21(27)19(12-15-10-16(23)20(26)18(11-15)28-6-2)29-22(25)24-17-9-13(3)7-8-14(17)4/h7-12,26H,5-6H2,1-4H3/b19-12+,24-22?. The van der Waals surface area contributed by atoms with E-state index in [0.717, 1.165) is 22.4 Å². The van der Waals surface area contributed by atoms with Crippen LogP contribution in [0.5, 0.6) is 11.5 Å². The van der Waals surface area contributed by atoms with E-state index in [9.17, 15) is 9.90 Å². The number of hydrogen-bond acceptors (Lipinski definition) is 5. The maximum Gasteiger partial charge on any atom is 0.266 e. The Balaban J connectivity index is 1.99. The average molecular weight is 475 g/mol. The first kappa shape index (κ1) is 21.5. The van der Waals surface area contributed by atoms with E-state index in [1.165, 1.54) is 11.8 Å². The fourth-order valence-electron chi connectivity index (χ4n) is 2.91. The molecule has 1 heterocycles. The van der Waals surface area contributed by atoms with Crippen LogP contribution < -0.4 is 4.74 Å². The van der Waals surface area contributed by atoms with E-state index in [1.807, 2.05) is 45.9 Å². The molecule has 0 saturated carbocycles. The van der Waals surface area contributed by atoms with Crippen molar-refractivity contribution >= 4 is 50.5 Å². The monoisotopic (exact) mass is 474 g/mol. The second-order valence-electron chi connectivity index (χ2n) is 6.63. The van der Waals surface area contributed by atoms with Crippen molar-refractivity contribution in [3.8, 4) is 11.5 Å². The van der Waals surface area contributed by atoms with E-state index in [-0.39, 0.29) is 11.7 Å². The van der Waals surface area contributed by atoms with Gasteiger partial charge in [-0.1, -0.05) is 12.1 Å². The third-order valence-electron chi connectivity index (χ3n) is 4.43. The first-order valence-corrected chi connectivity index (χ1v) is 11.0. The number of halogens is 1. The summed E-state index contributed by atoms with van der Waals surface area (Å²) in [7, 11) is 0. The number of aliphatic imine (C=N–C) groups is 1. The van der Waals surface area contributed by atoms with Crippen molar-refractivity contribution in [1.29, 1.82) is 0 Å². The number of rotatable bonds is 5. The highest BCUT2D eigenvalue weighted by atomic mass is 79.9. The average Bonchev–Trinajstić information content (AvgIpc) is 2.96. The molecule has 29 heavy (non-hydrogen) atoms. The van der Waals surface area contributed by atoms with Crippen LogP contribution in [0.15, 0.2) is 44.7 Å².